The van der Waals surface area contributed by atoms with E-state index in [4.69, 9.17) is 11.3 Å². The van der Waals surface area contributed by atoms with Gasteiger partial charge in [-0.2, -0.15) is 0 Å². The van der Waals surface area contributed by atoms with Gasteiger partial charge < -0.3 is 4.42 Å². The van der Waals surface area contributed by atoms with Crippen LogP contribution in [0, 0.1) is 0 Å². The highest BCUT2D eigenvalue weighted by molar-refractivity contribution is 6.27. The Balaban J connectivity index is 1.46. The smallest absolute Gasteiger partial charge is 0.136 e. The molecule has 43 heavy (non-hydrogen) atoms. The van der Waals surface area contributed by atoms with Gasteiger partial charge in [0, 0.05) is 10.8 Å². The van der Waals surface area contributed by atoms with E-state index in [1.165, 1.54) is 0 Å². The van der Waals surface area contributed by atoms with Crippen LogP contribution >= 0.6 is 0 Å². The van der Waals surface area contributed by atoms with E-state index in [0.717, 1.165) is 65.7 Å². The van der Waals surface area contributed by atoms with E-state index in [1.54, 1.807) is 0 Å². The summed E-state index contributed by atoms with van der Waals surface area (Å²) in [6.07, 6.45) is 0. The van der Waals surface area contributed by atoms with Gasteiger partial charge in [-0.1, -0.05) is 139 Å². The van der Waals surface area contributed by atoms with Crippen molar-refractivity contribution in [1.29, 1.82) is 0 Å². The molecular formula is C42H26O. The molecule has 0 saturated carbocycles. The third-order valence-electron chi connectivity index (χ3n) is 8.31. The largest absolute Gasteiger partial charge is 0.456 e. The molecule has 0 saturated heterocycles. The van der Waals surface area contributed by atoms with Crippen molar-refractivity contribution in [2.24, 2.45) is 0 Å². The summed E-state index contributed by atoms with van der Waals surface area (Å²) in [6.45, 7) is 0. The molecule has 200 valence electrons. The quantitative estimate of drug-likeness (QED) is 0.198. The second kappa shape index (κ2) is 9.44. The molecule has 8 aromatic carbocycles. The number of benzene rings is 8. The van der Waals surface area contributed by atoms with Gasteiger partial charge in [0.05, 0.1) is 9.60 Å². The lowest BCUT2D eigenvalue weighted by Crippen LogP contribution is -1.91. The number of hydrogen-bond acceptors (Lipinski definition) is 1. The van der Waals surface area contributed by atoms with Gasteiger partial charge in [-0.3, -0.25) is 0 Å². The van der Waals surface area contributed by atoms with Gasteiger partial charge >= 0.3 is 0 Å². The summed E-state index contributed by atoms with van der Waals surface area (Å²) in [4.78, 5) is 0. The van der Waals surface area contributed by atoms with Gasteiger partial charge in [0.1, 0.15) is 11.2 Å². The Morgan fingerprint density at radius 1 is 0.419 bits per heavy atom. The van der Waals surface area contributed by atoms with E-state index in [9.17, 15) is 2.74 Å². The van der Waals surface area contributed by atoms with E-state index in [1.807, 2.05) is 91.0 Å². The van der Waals surface area contributed by atoms with Crippen LogP contribution < -0.4 is 0 Å². The van der Waals surface area contributed by atoms with Crippen molar-refractivity contribution in [3.8, 4) is 33.4 Å². The molecule has 0 aliphatic carbocycles. The predicted octanol–water partition coefficient (Wildman–Crippen LogP) is 12.0. The summed E-state index contributed by atoms with van der Waals surface area (Å²) in [5, 5.41) is 5.07. The van der Waals surface area contributed by atoms with E-state index < -0.39 is 24.2 Å². The highest BCUT2D eigenvalue weighted by Gasteiger charge is 2.21. The fourth-order valence-corrected chi connectivity index (χ4v) is 6.53. The van der Waals surface area contributed by atoms with Gasteiger partial charge in [-0.15, -0.1) is 0 Å². The highest BCUT2D eigenvalue weighted by atomic mass is 16.3. The van der Waals surface area contributed by atoms with Crippen LogP contribution in [0.2, 0.25) is 0 Å². The van der Waals surface area contributed by atoms with Crippen LogP contribution in [0.1, 0.15) is 9.60 Å². The first kappa shape index (κ1) is 18.0. The topological polar surface area (TPSA) is 13.1 Å². The van der Waals surface area contributed by atoms with Crippen LogP contribution in [0.3, 0.4) is 0 Å². The molecule has 1 nitrogen and oxygen atoms in total. The monoisotopic (exact) mass is 553 g/mol. The second-order valence-electron chi connectivity index (χ2n) is 10.7. The predicted molar refractivity (Wildman–Crippen MR) is 183 cm³/mol. The van der Waals surface area contributed by atoms with Crippen LogP contribution in [-0.2, 0) is 0 Å². The average molecular weight is 554 g/mol. The third kappa shape index (κ3) is 3.65. The van der Waals surface area contributed by atoms with Gasteiger partial charge in [-0.25, -0.2) is 0 Å². The van der Waals surface area contributed by atoms with Crippen LogP contribution in [0.5, 0.6) is 0 Å². The minimum atomic E-state index is -0.487. The van der Waals surface area contributed by atoms with E-state index >= 15 is 0 Å². The lowest BCUT2D eigenvalue weighted by molar-refractivity contribution is 0.669. The van der Waals surface area contributed by atoms with Crippen molar-refractivity contribution in [3.63, 3.8) is 0 Å². The Labute approximate surface area is 259 Å². The summed E-state index contributed by atoms with van der Waals surface area (Å²) in [7, 11) is 0. The fraction of sp³-hybridized carbons (Fsp3) is 0. The highest BCUT2D eigenvalue weighted by Crippen LogP contribution is 2.48. The molecule has 1 aromatic heterocycles. The van der Waals surface area contributed by atoms with Gasteiger partial charge in [0.15, 0.2) is 0 Å². The van der Waals surface area contributed by atoms with Gasteiger partial charge in [0.25, 0.3) is 0 Å². The van der Waals surface area contributed by atoms with Crippen LogP contribution in [0.4, 0.5) is 0 Å². The molecule has 0 fully saturated rings. The molecule has 0 spiro atoms. The normalized spacial score (nSPS) is 14.0. The third-order valence-corrected chi connectivity index (χ3v) is 8.31. The Kier molecular flexibility index (Phi) is 3.95. The molecule has 9 rings (SSSR count). The molecule has 0 aliphatic rings. The zero-order chi connectivity index (χ0) is 34.4. The summed E-state index contributed by atoms with van der Waals surface area (Å²) in [6, 6.07) is 35.6. The van der Waals surface area contributed by atoms with Gasteiger partial charge in [-0.05, 0) is 83.9 Å². The summed E-state index contributed by atoms with van der Waals surface area (Å²) in [5.74, 6) is 0. The first-order valence-electron chi connectivity index (χ1n) is 17.7. The lowest BCUT2D eigenvalue weighted by Gasteiger charge is -2.18. The van der Waals surface area contributed by atoms with Crippen molar-refractivity contribution in [2.45, 2.75) is 0 Å². The SMILES string of the molecule is [2H]c1c([2H])c([2H])c2c([2H])c(-c3c4ccccc4c(-c4cccc5oc6cccc(-c7ccccc7)c6c45)c4ccccc34)c([2H])c([2H])c2c1[2H]. The van der Waals surface area contributed by atoms with Crippen LogP contribution in [-0.4, -0.2) is 0 Å². The fourth-order valence-electron chi connectivity index (χ4n) is 6.53. The van der Waals surface area contributed by atoms with E-state index in [-0.39, 0.29) is 34.5 Å². The molecule has 0 atom stereocenters. The maximum absolute atomic E-state index is 9.41. The molecule has 0 aliphatic heterocycles. The molecule has 1 heteroatoms. The number of hydrogen-bond donors (Lipinski definition) is 0. The second-order valence-corrected chi connectivity index (χ2v) is 10.7. The zero-order valence-electron chi connectivity index (χ0n) is 29.9. The Morgan fingerprint density at radius 3 is 1.65 bits per heavy atom. The Hall–Kier alpha value is -5.66. The van der Waals surface area contributed by atoms with Crippen LogP contribution in [0.15, 0.2) is 162 Å². The molecule has 0 bridgehead atoms. The molecule has 0 radical (unpaired) electrons. The maximum Gasteiger partial charge on any atom is 0.136 e. The molecular weight excluding hydrogens is 520 g/mol. The molecule has 0 amide bonds. The lowest BCUT2D eigenvalue weighted by atomic mass is 9.84. The van der Waals surface area contributed by atoms with E-state index in [2.05, 4.69) is 24.3 Å². The molecule has 0 N–H and O–H groups in total. The molecule has 1 heterocycles. The summed E-state index contributed by atoms with van der Waals surface area (Å²) >= 11 is 0. The average Bonchev–Trinajstić information content (AvgIpc) is 3.54. The minimum Gasteiger partial charge on any atom is -0.456 e. The maximum atomic E-state index is 9.41. The van der Waals surface area contributed by atoms with Crippen molar-refractivity contribution in [2.75, 3.05) is 0 Å². The van der Waals surface area contributed by atoms with Crippen LogP contribution in [0.25, 0.3) is 87.6 Å². The van der Waals surface area contributed by atoms with Crippen molar-refractivity contribution < 1.29 is 14.0 Å². The number of rotatable bonds is 3. The van der Waals surface area contributed by atoms with E-state index in [0.29, 0.717) is 5.56 Å². The first-order valence-corrected chi connectivity index (χ1v) is 14.2. The number of furan rings is 1. The van der Waals surface area contributed by atoms with Crippen molar-refractivity contribution >= 4 is 54.3 Å². The Morgan fingerprint density at radius 2 is 0.977 bits per heavy atom. The minimum absolute atomic E-state index is 0.0627. The first-order chi connectivity index (χ1) is 24.3. The standard InChI is InChI=1S/C42H26O/c1-2-13-28(14-3-1)31-20-10-22-37-41(31)42-36(21-11-23-38(42)43-37)40-34-18-8-6-16-32(34)39(33-17-7-9-19-35(33)40)30-25-24-27-12-4-5-15-29(27)26-30/h1-26H/i4D,5D,12D,15D,24D,25D,26D. The summed E-state index contributed by atoms with van der Waals surface area (Å²) in [5.41, 5.74) is 6.32. The Bertz CT molecular complexity index is 2840. The summed E-state index contributed by atoms with van der Waals surface area (Å²) < 4.78 is 67.9. The van der Waals surface area contributed by atoms with Crippen molar-refractivity contribution in [1.82, 2.24) is 0 Å². The van der Waals surface area contributed by atoms with Crippen molar-refractivity contribution in [3.05, 3.63) is 158 Å². The zero-order valence-corrected chi connectivity index (χ0v) is 22.9. The molecule has 0 unspecified atom stereocenters. The number of fused-ring (bicyclic) bond motifs is 6. The molecule has 9 aromatic rings. The van der Waals surface area contributed by atoms with Gasteiger partial charge in [0.2, 0.25) is 0 Å².